The molecule has 11 atom stereocenters. The van der Waals surface area contributed by atoms with E-state index < -0.39 is 0 Å². The lowest BCUT2D eigenvalue weighted by atomic mass is 9.41. The Morgan fingerprint density at radius 2 is 1.69 bits per heavy atom. The molecule has 1 unspecified atom stereocenters. The van der Waals surface area contributed by atoms with Crippen molar-refractivity contribution in [2.45, 2.75) is 104 Å². The van der Waals surface area contributed by atoms with Crippen LogP contribution in [0.5, 0.6) is 0 Å². The van der Waals surface area contributed by atoms with Gasteiger partial charge in [0.25, 0.3) is 0 Å². The topological polar surface area (TPSA) is 57.5 Å². The SMILES string of the molecule is CC[C@H]1[C@@H](O)C2[C@H](CC[C@]3(C)[C@@H]([C@H](C)CCC=O)CC[C@@H]23)[C@]2(C)CC[C@@H](O)C[C@@H]12. The molecule has 29 heavy (non-hydrogen) atoms. The Kier molecular flexibility index (Phi) is 5.97. The Labute approximate surface area is 178 Å². The number of rotatable bonds is 5. The van der Waals surface area contributed by atoms with Gasteiger partial charge in [-0.15, -0.1) is 0 Å². The largest absolute Gasteiger partial charge is 0.393 e. The maximum atomic E-state index is 11.7. The molecule has 0 aromatic heterocycles. The van der Waals surface area contributed by atoms with E-state index >= 15 is 0 Å². The van der Waals surface area contributed by atoms with Gasteiger partial charge in [0.05, 0.1) is 12.2 Å². The molecule has 0 amide bonds. The molecular formula is C26H44O3. The van der Waals surface area contributed by atoms with Crippen LogP contribution < -0.4 is 0 Å². The molecule has 2 N–H and O–H groups in total. The number of carbonyl (C=O) groups excluding carboxylic acids is 1. The number of aliphatic hydroxyl groups excluding tert-OH is 2. The zero-order valence-electron chi connectivity index (χ0n) is 19.1. The molecule has 4 rings (SSSR count). The van der Waals surface area contributed by atoms with Crippen LogP contribution >= 0.6 is 0 Å². The Balaban J connectivity index is 1.64. The van der Waals surface area contributed by atoms with Crippen molar-refractivity contribution in [2.75, 3.05) is 0 Å². The van der Waals surface area contributed by atoms with E-state index in [0.717, 1.165) is 38.4 Å². The molecule has 0 heterocycles. The predicted molar refractivity (Wildman–Crippen MR) is 116 cm³/mol. The van der Waals surface area contributed by atoms with Gasteiger partial charge in [-0.1, -0.05) is 34.1 Å². The lowest BCUT2D eigenvalue weighted by Crippen LogP contribution is -2.62. The molecule has 0 aliphatic heterocycles. The number of fused-ring (bicyclic) bond motifs is 5. The third kappa shape index (κ3) is 3.25. The van der Waals surface area contributed by atoms with Crippen LogP contribution in [0.4, 0.5) is 0 Å². The second-order valence-corrected chi connectivity index (χ2v) is 11.8. The molecule has 3 heteroatoms. The average molecular weight is 405 g/mol. The van der Waals surface area contributed by atoms with E-state index in [-0.39, 0.29) is 17.6 Å². The quantitative estimate of drug-likeness (QED) is 0.617. The summed E-state index contributed by atoms with van der Waals surface area (Å²) in [6.45, 7) is 9.64. The van der Waals surface area contributed by atoms with Crippen LogP contribution in [-0.4, -0.2) is 28.7 Å². The van der Waals surface area contributed by atoms with Crippen LogP contribution in [0.3, 0.4) is 0 Å². The monoisotopic (exact) mass is 404 g/mol. The maximum absolute atomic E-state index is 11.7. The van der Waals surface area contributed by atoms with Gasteiger partial charge in [-0.2, -0.15) is 0 Å². The molecule has 0 bridgehead atoms. The first-order valence-electron chi connectivity index (χ1n) is 12.6. The first-order chi connectivity index (χ1) is 13.8. The van der Waals surface area contributed by atoms with Crippen molar-refractivity contribution in [3.63, 3.8) is 0 Å². The van der Waals surface area contributed by atoms with E-state index in [1.807, 2.05) is 0 Å². The van der Waals surface area contributed by atoms with E-state index in [1.54, 1.807) is 0 Å². The molecule has 166 valence electrons. The molecule has 4 saturated carbocycles. The van der Waals surface area contributed by atoms with Gasteiger partial charge in [-0.25, -0.2) is 0 Å². The Morgan fingerprint density at radius 1 is 1.00 bits per heavy atom. The van der Waals surface area contributed by atoms with Gasteiger partial charge in [-0.3, -0.25) is 0 Å². The first-order valence-corrected chi connectivity index (χ1v) is 12.6. The first kappa shape index (κ1) is 21.8. The van der Waals surface area contributed by atoms with Crippen LogP contribution in [0.1, 0.15) is 91.9 Å². The van der Waals surface area contributed by atoms with Gasteiger partial charge in [0.15, 0.2) is 0 Å². The van der Waals surface area contributed by atoms with Crippen LogP contribution in [0, 0.1) is 52.3 Å². The molecule has 0 spiro atoms. The zero-order valence-corrected chi connectivity index (χ0v) is 19.1. The van der Waals surface area contributed by atoms with Crippen molar-refractivity contribution < 1.29 is 15.0 Å². The average Bonchev–Trinajstić information content (AvgIpc) is 3.05. The third-order valence-corrected chi connectivity index (χ3v) is 10.9. The van der Waals surface area contributed by atoms with Gasteiger partial charge in [0, 0.05) is 6.42 Å². The smallest absolute Gasteiger partial charge is 0.120 e. The number of hydrogen-bond acceptors (Lipinski definition) is 3. The lowest BCUT2D eigenvalue weighted by molar-refractivity contribution is -0.203. The summed E-state index contributed by atoms with van der Waals surface area (Å²) in [4.78, 5) is 10.9. The molecule has 4 aliphatic rings. The number of aliphatic hydroxyl groups is 2. The van der Waals surface area contributed by atoms with E-state index in [2.05, 4.69) is 27.7 Å². The summed E-state index contributed by atoms with van der Waals surface area (Å²) in [6, 6.07) is 0. The Morgan fingerprint density at radius 3 is 2.38 bits per heavy atom. The summed E-state index contributed by atoms with van der Waals surface area (Å²) >= 11 is 0. The Bertz CT molecular complexity index is 605. The van der Waals surface area contributed by atoms with Crippen molar-refractivity contribution in [3.05, 3.63) is 0 Å². The minimum absolute atomic E-state index is 0.172. The predicted octanol–water partition coefficient (Wildman–Crippen LogP) is 5.23. The van der Waals surface area contributed by atoms with Crippen molar-refractivity contribution in [1.29, 1.82) is 0 Å². The molecule has 0 saturated heterocycles. The second-order valence-electron chi connectivity index (χ2n) is 11.8. The number of aldehydes is 1. The molecule has 0 radical (unpaired) electrons. The van der Waals surface area contributed by atoms with Gasteiger partial charge >= 0.3 is 0 Å². The van der Waals surface area contributed by atoms with E-state index in [4.69, 9.17) is 0 Å². The van der Waals surface area contributed by atoms with Crippen LogP contribution in [0.15, 0.2) is 0 Å². The summed E-state index contributed by atoms with van der Waals surface area (Å²) < 4.78 is 0. The molecule has 0 aromatic carbocycles. The fourth-order valence-electron chi connectivity index (χ4n) is 9.46. The fourth-order valence-corrected chi connectivity index (χ4v) is 9.46. The molecule has 4 fully saturated rings. The highest BCUT2D eigenvalue weighted by molar-refractivity contribution is 5.49. The van der Waals surface area contributed by atoms with E-state index in [1.165, 1.54) is 25.7 Å². The number of hydrogen-bond donors (Lipinski definition) is 2. The van der Waals surface area contributed by atoms with Crippen molar-refractivity contribution >= 4 is 6.29 Å². The van der Waals surface area contributed by atoms with Crippen LogP contribution in [-0.2, 0) is 4.79 Å². The van der Waals surface area contributed by atoms with Gasteiger partial charge < -0.3 is 15.0 Å². The summed E-state index contributed by atoms with van der Waals surface area (Å²) in [5.41, 5.74) is 0.604. The van der Waals surface area contributed by atoms with Crippen LogP contribution in [0.2, 0.25) is 0 Å². The zero-order chi connectivity index (χ0) is 21.0. The highest BCUT2D eigenvalue weighted by atomic mass is 16.3. The lowest BCUT2D eigenvalue weighted by Gasteiger charge is -2.64. The van der Waals surface area contributed by atoms with Gasteiger partial charge in [0.2, 0.25) is 0 Å². The second kappa shape index (κ2) is 7.93. The molecule has 0 aromatic rings. The Hall–Kier alpha value is -0.410. The summed E-state index contributed by atoms with van der Waals surface area (Å²) in [5, 5.41) is 22.1. The standard InChI is InChI=1S/C26H44O3/c1-5-18-22-15-17(28)10-12-26(22,4)21-11-13-25(3)19(16(2)7-6-14-27)8-9-20(25)23(21)24(18)29/h14,16-24,28-29H,5-13,15H2,1-4H3/t16-,17-,18-,19-,20+,21+,22+,23?,24-,25-,26+/m1/s1. The molecular weight excluding hydrogens is 360 g/mol. The van der Waals surface area contributed by atoms with Crippen molar-refractivity contribution in [3.8, 4) is 0 Å². The molecule has 4 aliphatic carbocycles. The minimum Gasteiger partial charge on any atom is -0.393 e. The number of carbonyl (C=O) groups is 1. The minimum atomic E-state index is -0.206. The highest BCUT2D eigenvalue weighted by Gasteiger charge is 2.64. The van der Waals surface area contributed by atoms with Crippen molar-refractivity contribution in [2.24, 2.45) is 52.3 Å². The fraction of sp³-hybridized carbons (Fsp3) is 0.962. The summed E-state index contributed by atoms with van der Waals surface area (Å²) in [6.07, 6.45) is 11.4. The third-order valence-electron chi connectivity index (χ3n) is 10.9. The summed E-state index contributed by atoms with van der Waals surface area (Å²) in [7, 11) is 0. The van der Waals surface area contributed by atoms with E-state index in [9.17, 15) is 15.0 Å². The normalized spacial score (nSPS) is 52.9. The van der Waals surface area contributed by atoms with Gasteiger partial charge in [0.1, 0.15) is 6.29 Å². The molecule has 3 nitrogen and oxygen atoms in total. The van der Waals surface area contributed by atoms with Crippen LogP contribution in [0.25, 0.3) is 0 Å². The maximum Gasteiger partial charge on any atom is 0.120 e. The van der Waals surface area contributed by atoms with Crippen molar-refractivity contribution in [1.82, 2.24) is 0 Å². The van der Waals surface area contributed by atoms with Gasteiger partial charge in [-0.05, 0) is 104 Å². The summed E-state index contributed by atoms with van der Waals surface area (Å²) in [5.74, 6) is 3.77. The highest BCUT2D eigenvalue weighted by Crippen LogP contribution is 2.69. The van der Waals surface area contributed by atoms with E-state index in [0.29, 0.717) is 53.3 Å².